The molecule has 20 heavy (non-hydrogen) atoms. The molecule has 2 rings (SSSR count). The Bertz CT molecular complexity index is 588. The molecule has 3 nitrogen and oxygen atoms in total. The van der Waals surface area contributed by atoms with Gasteiger partial charge in [-0.3, -0.25) is 0 Å². The quantitative estimate of drug-likeness (QED) is 0.883. The van der Waals surface area contributed by atoms with Crippen LogP contribution in [-0.4, -0.2) is 12.6 Å². The lowest BCUT2D eigenvalue weighted by molar-refractivity contribution is 0.252. The van der Waals surface area contributed by atoms with E-state index < -0.39 is 17.7 Å². The maximum atomic E-state index is 13.3. The summed E-state index contributed by atoms with van der Waals surface area (Å²) in [6, 6.07) is 12.1. The molecule has 5 heteroatoms. The lowest BCUT2D eigenvalue weighted by Gasteiger charge is -2.08. The first-order valence-corrected chi connectivity index (χ1v) is 6.19. The number of hydrogen-bond donors (Lipinski definition) is 2. The van der Waals surface area contributed by atoms with Gasteiger partial charge in [0.1, 0.15) is 11.6 Å². The topological polar surface area (TPSA) is 41.1 Å². The van der Waals surface area contributed by atoms with Crippen molar-refractivity contribution in [1.29, 1.82) is 0 Å². The normalized spacial score (nSPS) is 10.1. The van der Waals surface area contributed by atoms with Crippen molar-refractivity contribution in [2.45, 2.75) is 6.42 Å². The van der Waals surface area contributed by atoms with Gasteiger partial charge in [0, 0.05) is 12.6 Å². The van der Waals surface area contributed by atoms with Crippen molar-refractivity contribution in [3.05, 3.63) is 65.7 Å². The number of hydrogen-bond acceptors (Lipinski definition) is 1. The van der Waals surface area contributed by atoms with E-state index in [0.29, 0.717) is 13.0 Å². The van der Waals surface area contributed by atoms with Crippen LogP contribution < -0.4 is 10.6 Å². The molecule has 0 atom stereocenters. The first-order chi connectivity index (χ1) is 9.65. The monoisotopic (exact) mass is 276 g/mol. The zero-order valence-electron chi connectivity index (χ0n) is 10.7. The number of halogens is 2. The average Bonchev–Trinajstić information content (AvgIpc) is 2.43. The van der Waals surface area contributed by atoms with Gasteiger partial charge in [0.2, 0.25) is 0 Å². The summed E-state index contributed by atoms with van der Waals surface area (Å²) in [4.78, 5) is 11.6. The van der Waals surface area contributed by atoms with Crippen molar-refractivity contribution >= 4 is 11.7 Å². The number of nitrogens with one attached hydrogen (secondary N) is 2. The summed E-state index contributed by atoms with van der Waals surface area (Å²) in [7, 11) is 0. The second-order valence-corrected chi connectivity index (χ2v) is 4.24. The fourth-order valence-electron chi connectivity index (χ4n) is 1.72. The van der Waals surface area contributed by atoms with Gasteiger partial charge in [-0.15, -0.1) is 0 Å². The Morgan fingerprint density at radius 3 is 2.50 bits per heavy atom. The molecule has 0 saturated carbocycles. The lowest BCUT2D eigenvalue weighted by Crippen LogP contribution is -2.30. The van der Waals surface area contributed by atoms with Gasteiger partial charge in [0.05, 0.1) is 5.69 Å². The van der Waals surface area contributed by atoms with Gasteiger partial charge in [0.15, 0.2) is 0 Å². The molecule has 0 aromatic heterocycles. The highest BCUT2D eigenvalue weighted by Gasteiger charge is 2.07. The predicted octanol–water partition coefficient (Wildman–Crippen LogP) is 3.33. The highest BCUT2D eigenvalue weighted by atomic mass is 19.1. The standard InChI is InChI=1S/C15H14F2N2O/c16-12-6-7-14(13(17)10-12)19-15(20)18-9-8-11-4-2-1-3-5-11/h1-7,10H,8-9H2,(H2,18,19,20). The Morgan fingerprint density at radius 2 is 1.80 bits per heavy atom. The van der Waals surface area contributed by atoms with Crippen LogP contribution in [0.3, 0.4) is 0 Å². The minimum absolute atomic E-state index is 0.0522. The van der Waals surface area contributed by atoms with Crippen molar-refractivity contribution in [2.24, 2.45) is 0 Å². The maximum Gasteiger partial charge on any atom is 0.319 e. The van der Waals surface area contributed by atoms with Crippen molar-refractivity contribution in [2.75, 3.05) is 11.9 Å². The minimum Gasteiger partial charge on any atom is -0.338 e. The van der Waals surface area contributed by atoms with Crippen LogP contribution in [-0.2, 0) is 6.42 Å². The molecule has 2 amide bonds. The molecule has 0 saturated heterocycles. The van der Waals surface area contributed by atoms with Gasteiger partial charge < -0.3 is 10.6 Å². The minimum atomic E-state index is -0.803. The largest absolute Gasteiger partial charge is 0.338 e. The zero-order valence-corrected chi connectivity index (χ0v) is 10.7. The van der Waals surface area contributed by atoms with Crippen LogP contribution in [0, 0.1) is 11.6 Å². The third kappa shape index (κ3) is 4.05. The fourth-order valence-corrected chi connectivity index (χ4v) is 1.72. The van der Waals surface area contributed by atoms with Gasteiger partial charge in [-0.2, -0.15) is 0 Å². The number of carbonyl (C=O) groups excluding carboxylic acids is 1. The third-order valence-electron chi connectivity index (χ3n) is 2.72. The van der Waals surface area contributed by atoms with Crippen LogP contribution >= 0.6 is 0 Å². The molecule has 2 N–H and O–H groups in total. The summed E-state index contributed by atoms with van der Waals surface area (Å²) in [6.07, 6.45) is 0.681. The van der Waals surface area contributed by atoms with E-state index in [2.05, 4.69) is 10.6 Å². The molecule has 0 radical (unpaired) electrons. The second kappa shape index (κ2) is 6.65. The van der Waals surface area contributed by atoms with E-state index in [1.165, 1.54) is 6.07 Å². The van der Waals surface area contributed by atoms with Crippen LogP contribution in [0.25, 0.3) is 0 Å². The van der Waals surface area contributed by atoms with Crippen molar-refractivity contribution in [3.8, 4) is 0 Å². The van der Waals surface area contributed by atoms with Crippen LogP contribution in [0.5, 0.6) is 0 Å². The van der Waals surface area contributed by atoms with Crippen LogP contribution in [0.1, 0.15) is 5.56 Å². The Labute approximate surface area is 115 Å². The lowest BCUT2D eigenvalue weighted by atomic mass is 10.1. The summed E-state index contributed by atoms with van der Waals surface area (Å²) in [5.74, 6) is -1.49. The highest BCUT2D eigenvalue weighted by Crippen LogP contribution is 2.14. The number of amides is 2. The SMILES string of the molecule is O=C(NCCc1ccccc1)Nc1ccc(F)cc1F. The first kappa shape index (κ1) is 14.0. The van der Waals surface area contributed by atoms with Gasteiger partial charge >= 0.3 is 6.03 Å². The molecule has 0 aliphatic rings. The highest BCUT2D eigenvalue weighted by molar-refractivity contribution is 5.89. The molecule has 2 aromatic rings. The number of urea groups is 1. The molecule has 0 unspecified atom stereocenters. The van der Waals surface area contributed by atoms with Crippen molar-refractivity contribution in [1.82, 2.24) is 5.32 Å². The Hall–Kier alpha value is -2.43. The molecule has 0 heterocycles. The maximum absolute atomic E-state index is 13.3. The summed E-state index contributed by atoms with van der Waals surface area (Å²) in [5.41, 5.74) is 1.05. The van der Waals surface area contributed by atoms with Crippen molar-refractivity contribution < 1.29 is 13.6 Å². The summed E-state index contributed by atoms with van der Waals surface area (Å²) in [6.45, 7) is 0.429. The predicted molar refractivity (Wildman–Crippen MR) is 73.5 cm³/mol. The zero-order chi connectivity index (χ0) is 14.4. The Kier molecular flexibility index (Phi) is 4.65. The fraction of sp³-hybridized carbons (Fsp3) is 0.133. The molecule has 2 aromatic carbocycles. The van der Waals surface area contributed by atoms with Crippen LogP contribution in [0.15, 0.2) is 48.5 Å². The Balaban J connectivity index is 1.81. The summed E-state index contributed by atoms with van der Waals surface area (Å²) in [5, 5.41) is 4.94. The van der Waals surface area contributed by atoms with Gasteiger partial charge in [-0.05, 0) is 24.1 Å². The summed E-state index contributed by atoms with van der Waals surface area (Å²) >= 11 is 0. The molecule has 0 aliphatic carbocycles. The second-order valence-electron chi connectivity index (χ2n) is 4.24. The number of anilines is 1. The van der Waals surface area contributed by atoms with Gasteiger partial charge in [0.25, 0.3) is 0 Å². The number of rotatable bonds is 4. The number of carbonyl (C=O) groups is 1. The smallest absolute Gasteiger partial charge is 0.319 e. The summed E-state index contributed by atoms with van der Waals surface area (Å²) < 4.78 is 26.0. The van der Waals surface area contributed by atoms with E-state index in [1.807, 2.05) is 30.3 Å². The van der Waals surface area contributed by atoms with Crippen LogP contribution in [0.2, 0.25) is 0 Å². The Morgan fingerprint density at radius 1 is 1.05 bits per heavy atom. The molecule has 0 spiro atoms. The van der Waals surface area contributed by atoms with E-state index in [-0.39, 0.29) is 5.69 Å². The van der Waals surface area contributed by atoms with Gasteiger partial charge in [-0.25, -0.2) is 13.6 Å². The molecule has 0 bridgehead atoms. The van der Waals surface area contributed by atoms with E-state index in [1.54, 1.807) is 0 Å². The van der Waals surface area contributed by atoms with Gasteiger partial charge in [-0.1, -0.05) is 30.3 Å². The molecular weight excluding hydrogens is 262 g/mol. The van der Waals surface area contributed by atoms with E-state index in [4.69, 9.17) is 0 Å². The molecule has 0 aliphatic heterocycles. The van der Waals surface area contributed by atoms with Crippen LogP contribution in [0.4, 0.5) is 19.3 Å². The van der Waals surface area contributed by atoms with E-state index in [0.717, 1.165) is 17.7 Å². The number of benzene rings is 2. The molecule has 0 fully saturated rings. The third-order valence-corrected chi connectivity index (χ3v) is 2.72. The van der Waals surface area contributed by atoms with Crippen molar-refractivity contribution in [3.63, 3.8) is 0 Å². The average molecular weight is 276 g/mol. The molecule has 104 valence electrons. The van der Waals surface area contributed by atoms with E-state index in [9.17, 15) is 13.6 Å². The molecular formula is C15H14F2N2O. The first-order valence-electron chi connectivity index (χ1n) is 6.19. The van der Waals surface area contributed by atoms with E-state index >= 15 is 0 Å².